The summed E-state index contributed by atoms with van der Waals surface area (Å²) in [6.45, 7) is -0.181. The van der Waals surface area contributed by atoms with E-state index in [1.54, 1.807) is 0 Å². The van der Waals surface area contributed by atoms with Crippen LogP contribution >= 0.6 is 0 Å². The molecule has 3 aliphatic rings. The Balaban J connectivity index is 1.61. The average molecular weight is 265 g/mol. The summed E-state index contributed by atoms with van der Waals surface area (Å²) >= 11 is 0. The molecule has 2 bridgehead atoms. The predicted octanol–water partition coefficient (Wildman–Crippen LogP) is -0.105. The number of carboxylic acid groups (broad SMARTS) is 1. The largest absolute Gasteiger partial charge is 0.480 e. The zero-order valence-electron chi connectivity index (χ0n) is 10.3. The molecule has 1 saturated carbocycles. The van der Waals surface area contributed by atoms with E-state index in [0.29, 0.717) is 0 Å². The number of rotatable bonds is 5. The second kappa shape index (κ2) is 4.45. The van der Waals surface area contributed by atoms with E-state index in [4.69, 9.17) is 9.84 Å². The highest BCUT2D eigenvalue weighted by atomic mass is 16.5. The molecule has 4 atom stereocenters. The summed E-state index contributed by atoms with van der Waals surface area (Å²) in [5, 5.41) is 8.44. The fourth-order valence-corrected chi connectivity index (χ4v) is 3.50. The Morgan fingerprint density at radius 2 is 1.84 bits per heavy atom. The third-order valence-electron chi connectivity index (χ3n) is 4.25. The van der Waals surface area contributed by atoms with E-state index in [2.05, 4.69) is 0 Å². The molecule has 6 nitrogen and oxygen atoms in total. The van der Waals surface area contributed by atoms with E-state index >= 15 is 0 Å². The number of likely N-dealkylation sites (tertiary alicyclic amines) is 1. The van der Waals surface area contributed by atoms with Crippen molar-refractivity contribution in [3.63, 3.8) is 0 Å². The Morgan fingerprint density at radius 1 is 1.26 bits per heavy atom. The van der Waals surface area contributed by atoms with Crippen molar-refractivity contribution in [3.8, 4) is 0 Å². The summed E-state index contributed by atoms with van der Waals surface area (Å²) in [6.07, 6.45) is 5.00. The second-order valence-corrected chi connectivity index (χ2v) is 5.27. The van der Waals surface area contributed by atoms with Gasteiger partial charge in [0.05, 0.1) is 25.0 Å². The Morgan fingerprint density at radius 3 is 2.37 bits per heavy atom. The van der Waals surface area contributed by atoms with Gasteiger partial charge in [-0.2, -0.15) is 0 Å². The molecule has 1 aliphatic heterocycles. The molecule has 2 amide bonds. The van der Waals surface area contributed by atoms with Crippen molar-refractivity contribution in [2.45, 2.75) is 6.42 Å². The van der Waals surface area contributed by atoms with E-state index < -0.39 is 12.6 Å². The molecule has 19 heavy (non-hydrogen) atoms. The van der Waals surface area contributed by atoms with Crippen molar-refractivity contribution in [1.29, 1.82) is 0 Å². The topological polar surface area (TPSA) is 83.9 Å². The zero-order chi connectivity index (χ0) is 13.6. The van der Waals surface area contributed by atoms with E-state index in [0.717, 1.165) is 6.42 Å². The third kappa shape index (κ3) is 1.87. The molecule has 0 aromatic heterocycles. The summed E-state index contributed by atoms with van der Waals surface area (Å²) in [5.41, 5.74) is 0. The molecule has 0 spiro atoms. The van der Waals surface area contributed by atoms with E-state index in [1.165, 1.54) is 4.90 Å². The van der Waals surface area contributed by atoms with Gasteiger partial charge < -0.3 is 9.84 Å². The minimum absolute atomic E-state index is 0.0754. The van der Waals surface area contributed by atoms with E-state index in [1.807, 2.05) is 12.2 Å². The van der Waals surface area contributed by atoms with Gasteiger partial charge >= 0.3 is 5.97 Å². The predicted molar refractivity (Wildman–Crippen MR) is 62.9 cm³/mol. The second-order valence-electron chi connectivity index (χ2n) is 5.27. The first-order chi connectivity index (χ1) is 9.09. The number of carbonyl (C=O) groups is 3. The minimum atomic E-state index is -1.06. The zero-order valence-corrected chi connectivity index (χ0v) is 10.3. The molecule has 0 aromatic carbocycles. The van der Waals surface area contributed by atoms with Crippen molar-refractivity contribution in [3.05, 3.63) is 12.2 Å². The van der Waals surface area contributed by atoms with Crippen LogP contribution in [0, 0.1) is 23.7 Å². The van der Waals surface area contributed by atoms with Crippen molar-refractivity contribution >= 4 is 17.8 Å². The fraction of sp³-hybridized carbons (Fsp3) is 0.615. The molecule has 4 unspecified atom stereocenters. The van der Waals surface area contributed by atoms with Crippen molar-refractivity contribution in [2.24, 2.45) is 23.7 Å². The molecule has 2 fully saturated rings. The molecule has 3 rings (SSSR count). The molecular formula is C13H15NO5. The summed E-state index contributed by atoms with van der Waals surface area (Å²) in [7, 11) is 0. The number of imide groups is 1. The molecule has 0 radical (unpaired) electrons. The van der Waals surface area contributed by atoms with Crippen LogP contribution in [0.3, 0.4) is 0 Å². The minimum Gasteiger partial charge on any atom is -0.480 e. The van der Waals surface area contributed by atoms with E-state index in [9.17, 15) is 14.4 Å². The number of allylic oxidation sites excluding steroid dienone is 2. The van der Waals surface area contributed by atoms with Crippen molar-refractivity contribution < 1.29 is 24.2 Å². The van der Waals surface area contributed by atoms with Gasteiger partial charge in [-0.3, -0.25) is 14.5 Å². The van der Waals surface area contributed by atoms with Gasteiger partial charge in [-0.05, 0) is 18.3 Å². The van der Waals surface area contributed by atoms with Crippen LogP contribution in [0.2, 0.25) is 0 Å². The smallest absolute Gasteiger partial charge is 0.329 e. The quantitative estimate of drug-likeness (QED) is 0.426. The van der Waals surface area contributed by atoms with Crippen LogP contribution in [-0.4, -0.2) is 47.5 Å². The highest BCUT2D eigenvalue weighted by Gasteiger charge is 2.58. The number of hydrogen-bond donors (Lipinski definition) is 1. The van der Waals surface area contributed by atoms with Crippen LogP contribution in [0.5, 0.6) is 0 Å². The number of aliphatic carboxylic acids is 1. The van der Waals surface area contributed by atoms with Gasteiger partial charge in [-0.15, -0.1) is 0 Å². The lowest BCUT2D eigenvalue weighted by Crippen LogP contribution is -2.36. The number of carboxylic acids is 1. The van der Waals surface area contributed by atoms with Crippen LogP contribution in [0.25, 0.3) is 0 Å². The fourth-order valence-electron chi connectivity index (χ4n) is 3.50. The van der Waals surface area contributed by atoms with E-state index in [-0.39, 0.29) is 48.6 Å². The molecule has 102 valence electrons. The lowest BCUT2D eigenvalue weighted by Gasteiger charge is -2.16. The number of hydrogen-bond acceptors (Lipinski definition) is 4. The van der Waals surface area contributed by atoms with Crippen molar-refractivity contribution in [2.75, 3.05) is 19.8 Å². The SMILES string of the molecule is O=C(O)COCCN1C(=O)C2C3C=CC(C3)C2C1=O. The van der Waals surface area contributed by atoms with Crippen LogP contribution in [0.1, 0.15) is 6.42 Å². The normalized spacial score (nSPS) is 35.3. The maximum absolute atomic E-state index is 12.2. The Kier molecular flexibility index (Phi) is 2.89. The van der Waals surface area contributed by atoms with Crippen LogP contribution in [0.4, 0.5) is 0 Å². The standard InChI is InChI=1S/C13H15NO5/c15-9(16)6-19-4-3-14-12(17)10-7-1-2-8(5-7)11(10)13(14)18/h1-2,7-8,10-11H,3-6H2,(H,15,16). The molecule has 0 aromatic rings. The molecular weight excluding hydrogens is 250 g/mol. The van der Waals surface area contributed by atoms with Crippen LogP contribution in [0.15, 0.2) is 12.2 Å². The third-order valence-corrected chi connectivity index (χ3v) is 4.25. The maximum Gasteiger partial charge on any atom is 0.329 e. The average Bonchev–Trinajstić information content (AvgIpc) is 3.02. The Labute approximate surface area is 110 Å². The van der Waals surface area contributed by atoms with Crippen LogP contribution in [-0.2, 0) is 19.1 Å². The number of amides is 2. The van der Waals surface area contributed by atoms with Crippen molar-refractivity contribution in [1.82, 2.24) is 4.90 Å². The highest BCUT2D eigenvalue weighted by molar-refractivity contribution is 6.06. The number of nitrogens with zero attached hydrogens (tertiary/aromatic N) is 1. The molecule has 1 saturated heterocycles. The summed E-state index contributed by atoms with van der Waals surface area (Å²) in [4.78, 5) is 36.0. The van der Waals surface area contributed by atoms with Gasteiger partial charge in [-0.25, -0.2) is 4.79 Å². The summed E-state index contributed by atoms with van der Waals surface area (Å²) in [5.74, 6) is -1.27. The maximum atomic E-state index is 12.2. The number of carbonyl (C=O) groups excluding carboxylic acids is 2. The lowest BCUT2D eigenvalue weighted by atomic mass is 9.85. The van der Waals surface area contributed by atoms with Crippen LogP contribution < -0.4 is 0 Å². The first-order valence-electron chi connectivity index (χ1n) is 6.42. The van der Waals surface area contributed by atoms with Gasteiger partial charge in [0.2, 0.25) is 11.8 Å². The van der Waals surface area contributed by atoms with Gasteiger partial charge in [0.1, 0.15) is 6.61 Å². The van der Waals surface area contributed by atoms with Gasteiger partial charge in [0.15, 0.2) is 0 Å². The Hall–Kier alpha value is -1.69. The van der Waals surface area contributed by atoms with Gasteiger partial charge in [0.25, 0.3) is 0 Å². The highest BCUT2D eigenvalue weighted by Crippen LogP contribution is 2.52. The monoisotopic (exact) mass is 265 g/mol. The molecule has 1 N–H and O–H groups in total. The molecule has 2 aliphatic carbocycles. The molecule has 1 heterocycles. The van der Waals surface area contributed by atoms with Gasteiger partial charge in [-0.1, -0.05) is 12.2 Å². The number of ether oxygens (including phenoxy) is 1. The molecule has 6 heteroatoms. The summed E-state index contributed by atoms with van der Waals surface area (Å²) < 4.78 is 4.88. The summed E-state index contributed by atoms with van der Waals surface area (Å²) in [6, 6.07) is 0. The first kappa shape index (κ1) is 12.3. The lowest BCUT2D eigenvalue weighted by molar-refractivity contribution is -0.143. The first-order valence-corrected chi connectivity index (χ1v) is 6.42. The Bertz CT molecular complexity index is 442. The van der Waals surface area contributed by atoms with Gasteiger partial charge in [0, 0.05) is 0 Å². The number of fused-ring (bicyclic) bond motifs is 5.